The largest absolute Gasteiger partial charge is 0.390 e. The van der Waals surface area contributed by atoms with Gasteiger partial charge in [0.25, 0.3) is 0 Å². The molecule has 11 atom stereocenters. The average molecular weight is 682 g/mol. The zero-order valence-electron chi connectivity index (χ0n) is 27.8. The van der Waals surface area contributed by atoms with E-state index in [1.165, 1.54) is 17.3 Å². The number of nitrogens with zero attached hydrogens (tertiary/aromatic N) is 1. The van der Waals surface area contributed by atoms with Crippen molar-refractivity contribution in [2.45, 2.75) is 111 Å². The number of aliphatic hydroxyl groups excluding tert-OH is 3. The summed E-state index contributed by atoms with van der Waals surface area (Å²) in [6.07, 6.45) is 0.221. The number of fused-ring (bicyclic) bond motifs is 1. The molecule has 0 saturated carbocycles. The number of amides is 1. The van der Waals surface area contributed by atoms with Crippen molar-refractivity contribution in [3.05, 3.63) is 29.8 Å². The van der Waals surface area contributed by atoms with Gasteiger partial charge in [0.2, 0.25) is 5.91 Å². The second-order valence-corrected chi connectivity index (χ2v) is 16.4. The lowest BCUT2D eigenvalue weighted by molar-refractivity contribution is -0.132. The predicted molar refractivity (Wildman–Crippen MR) is 182 cm³/mol. The summed E-state index contributed by atoms with van der Waals surface area (Å²) >= 11 is 3.01. The molecule has 0 aromatic heterocycles. The topological polar surface area (TPSA) is 133 Å². The number of hydrogen-bond acceptors (Lipinski definition) is 11. The normalized spacial score (nSPS) is 35.6. The lowest BCUT2D eigenvalue weighted by Gasteiger charge is -2.37. The molecule has 4 saturated heterocycles. The Morgan fingerprint density at radius 2 is 1.80 bits per heavy atom. The molecule has 4 aliphatic rings. The van der Waals surface area contributed by atoms with Crippen molar-refractivity contribution >= 4 is 29.4 Å². The van der Waals surface area contributed by atoms with Crippen molar-refractivity contribution in [1.29, 1.82) is 0 Å². The minimum Gasteiger partial charge on any atom is -0.390 e. The van der Waals surface area contributed by atoms with Crippen LogP contribution in [-0.2, 0) is 25.5 Å². The third kappa shape index (κ3) is 9.40. The Hall–Kier alpha value is -0.930. The Bertz CT molecular complexity index is 1100. The Balaban J connectivity index is 1.32. The van der Waals surface area contributed by atoms with E-state index < -0.39 is 41.9 Å². The molecule has 5 N–H and O–H groups in total. The zero-order chi connectivity index (χ0) is 32.8. The van der Waals surface area contributed by atoms with Gasteiger partial charge in [-0.1, -0.05) is 32.9 Å². The van der Waals surface area contributed by atoms with Gasteiger partial charge >= 0.3 is 0 Å². The highest BCUT2D eigenvalue weighted by atomic mass is 32.2. The van der Waals surface area contributed by atoms with Crippen molar-refractivity contribution in [2.75, 3.05) is 45.7 Å². The van der Waals surface area contributed by atoms with Crippen LogP contribution in [0.1, 0.15) is 52.0 Å². The molecule has 4 fully saturated rings. The van der Waals surface area contributed by atoms with Gasteiger partial charge in [0.05, 0.1) is 31.5 Å². The zero-order valence-corrected chi connectivity index (χ0v) is 29.4. The highest BCUT2D eigenvalue weighted by Gasteiger charge is 2.47. The molecule has 12 heteroatoms. The minimum absolute atomic E-state index is 0.183. The molecule has 4 heterocycles. The monoisotopic (exact) mass is 681 g/mol. The fourth-order valence-corrected chi connectivity index (χ4v) is 9.21. The molecular weight excluding hydrogens is 627 g/mol. The molecule has 0 aliphatic carbocycles. The van der Waals surface area contributed by atoms with Crippen molar-refractivity contribution in [2.24, 2.45) is 17.8 Å². The van der Waals surface area contributed by atoms with Crippen LogP contribution in [0, 0.1) is 17.8 Å². The van der Waals surface area contributed by atoms with E-state index in [4.69, 9.17) is 14.2 Å². The van der Waals surface area contributed by atoms with Crippen LogP contribution < -0.4 is 10.6 Å². The summed E-state index contributed by atoms with van der Waals surface area (Å²) in [4.78, 5) is 17.5. The lowest BCUT2D eigenvalue weighted by Crippen LogP contribution is -2.60. The molecule has 5 rings (SSSR count). The molecule has 0 spiro atoms. The summed E-state index contributed by atoms with van der Waals surface area (Å²) in [5, 5.41) is 39.2. The van der Waals surface area contributed by atoms with E-state index in [0.717, 1.165) is 63.6 Å². The first-order chi connectivity index (χ1) is 22.1. The van der Waals surface area contributed by atoms with E-state index in [0.29, 0.717) is 18.4 Å². The highest BCUT2D eigenvalue weighted by molar-refractivity contribution is 8.00. The van der Waals surface area contributed by atoms with Crippen molar-refractivity contribution < 1.29 is 34.3 Å². The number of nitrogens with one attached hydrogen (secondary N) is 2. The van der Waals surface area contributed by atoms with Crippen LogP contribution in [0.3, 0.4) is 0 Å². The fourth-order valence-electron chi connectivity index (χ4n) is 7.49. The summed E-state index contributed by atoms with van der Waals surface area (Å²) < 4.78 is 18.2. The van der Waals surface area contributed by atoms with Crippen molar-refractivity contribution in [1.82, 2.24) is 15.5 Å². The van der Waals surface area contributed by atoms with Gasteiger partial charge in [-0.25, -0.2) is 0 Å². The predicted octanol–water partition coefficient (Wildman–Crippen LogP) is 2.47. The molecule has 10 nitrogen and oxygen atoms in total. The number of rotatable bonds is 11. The molecule has 0 bridgehead atoms. The molecule has 1 aromatic carbocycles. The van der Waals surface area contributed by atoms with E-state index in [-0.39, 0.29) is 29.6 Å². The maximum absolute atomic E-state index is 14.1. The maximum Gasteiger partial charge on any atom is 0.240 e. The fraction of sp³-hybridized carbons (Fsp3) is 0.794. The van der Waals surface area contributed by atoms with E-state index in [9.17, 15) is 20.1 Å². The molecule has 1 amide bonds. The number of thioether (sulfide) groups is 2. The van der Waals surface area contributed by atoms with Crippen LogP contribution in [-0.4, -0.2) is 125 Å². The van der Waals surface area contributed by atoms with Crippen LogP contribution in [0.2, 0.25) is 0 Å². The number of carbonyl (C=O) groups is 1. The Morgan fingerprint density at radius 1 is 1.07 bits per heavy atom. The van der Waals surface area contributed by atoms with Gasteiger partial charge in [0, 0.05) is 49.4 Å². The number of hydrogen-bond donors (Lipinski definition) is 5. The Morgan fingerprint density at radius 3 is 2.50 bits per heavy atom. The minimum atomic E-state index is -1.39. The second kappa shape index (κ2) is 17.1. The second-order valence-electron chi connectivity index (χ2n) is 13.9. The molecule has 0 radical (unpaired) electrons. The van der Waals surface area contributed by atoms with E-state index >= 15 is 0 Å². The first-order valence-electron chi connectivity index (χ1n) is 17.1. The van der Waals surface area contributed by atoms with Gasteiger partial charge in [0.1, 0.15) is 29.8 Å². The van der Waals surface area contributed by atoms with Gasteiger partial charge in [-0.15, -0.1) is 23.5 Å². The summed E-state index contributed by atoms with van der Waals surface area (Å²) in [5.41, 5.74) is 0.784. The molecule has 1 aromatic rings. The quantitative estimate of drug-likeness (QED) is 0.221. The number of aliphatic hydroxyl groups is 3. The van der Waals surface area contributed by atoms with Crippen LogP contribution in [0.4, 0.5) is 0 Å². The van der Waals surface area contributed by atoms with Gasteiger partial charge in [0.15, 0.2) is 0 Å². The molecule has 46 heavy (non-hydrogen) atoms. The van der Waals surface area contributed by atoms with Crippen LogP contribution in [0.15, 0.2) is 29.2 Å². The van der Waals surface area contributed by atoms with Crippen LogP contribution in [0.25, 0.3) is 0 Å². The number of morpholine rings is 1. The summed E-state index contributed by atoms with van der Waals surface area (Å²) in [7, 11) is 0. The SMILES string of the molecule is CSC1C[C@H](O)C(O)C(O)[C@@H]([C@H](NC(=O)[C@H]2NC[C@@H]3C[C@H](CC(C)C)CCO[C@H]32)[C@H](C)Sc2ccc(CN3CCOCC3)cc2)O1. The summed E-state index contributed by atoms with van der Waals surface area (Å²) in [5.74, 6) is 1.29. The van der Waals surface area contributed by atoms with Crippen LogP contribution >= 0.6 is 23.5 Å². The van der Waals surface area contributed by atoms with Gasteiger partial charge in [-0.2, -0.15) is 0 Å². The molecule has 3 unspecified atom stereocenters. The van der Waals surface area contributed by atoms with Gasteiger partial charge < -0.3 is 40.2 Å². The third-order valence-corrected chi connectivity index (χ3v) is 12.0. The number of carbonyl (C=O) groups excluding carboxylic acids is 1. The third-order valence-electron chi connectivity index (χ3n) is 9.96. The smallest absolute Gasteiger partial charge is 0.240 e. The van der Waals surface area contributed by atoms with E-state index in [2.05, 4.69) is 53.6 Å². The molecular formula is C34H55N3O7S2. The van der Waals surface area contributed by atoms with E-state index in [1.807, 2.05) is 13.2 Å². The Labute approximate surface area is 283 Å². The highest BCUT2D eigenvalue weighted by Crippen LogP contribution is 2.36. The maximum atomic E-state index is 14.1. The standard InChI is InChI=1S/C34H55N3O7S2/c1-20(2)15-23-9-12-43-32-24(16-23)18-35-29(32)34(41)36-28(33-31(40)30(39)26(38)17-27(44-33)45-4)21(3)46-25-7-5-22(6-8-25)19-37-10-13-42-14-11-37/h5-8,20-21,23-24,26-33,35,38-40H,9-19H2,1-4H3,(H,36,41)/t21-,23-,24-,26-,27?,28+,29-,30?,31?,32+,33+/m0/s1. The molecule has 4 aliphatic heterocycles. The van der Waals surface area contributed by atoms with Crippen molar-refractivity contribution in [3.63, 3.8) is 0 Å². The summed E-state index contributed by atoms with van der Waals surface area (Å²) in [6, 6.07) is 7.29. The van der Waals surface area contributed by atoms with Crippen LogP contribution in [0.5, 0.6) is 0 Å². The summed E-state index contributed by atoms with van der Waals surface area (Å²) in [6.45, 7) is 12.2. The van der Waals surface area contributed by atoms with E-state index in [1.54, 1.807) is 11.8 Å². The first-order valence-corrected chi connectivity index (χ1v) is 19.2. The van der Waals surface area contributed by atoms with Gasteiger partial charge in [-0.3, -0.25) is 9.69 Å². The lowest BCUT2D eigenvalue weighted by atomic mass is 9.85. The molecule has 260 valence electrons. The Kier molecular flexibility index (Phi) is 13.5. The number of benzene rings is 1. The van der Waals surface area contributed by atoms with Crippen molar-refractivity contribution in [3.8, 4) is 0 Å². The average Bonchev–Trinajstić information content (AvgIpc) is 3.27. The number of ether oxygens (including phenoxy) is 3. The first kappa shape index (κ1) is 36.4. The van der Waals surface area contributed by atoms with Gasteiger partial charge in [-0.05, 0) is 61.0 Å².